The van der Waals surface area contributed by atoms with Crippen LogP contribution in [0.4, 0.5) is 0 Å². The Morgan fingerprint density at radius 3 is 2.43 bits per heavy atom. The first kappa shape index (κ1) is 17.9. The van der Waals surface area contributed by atoms with Crippen LogP contribution in [-0.4, -0.2) is 30.4 Å². The quantitative estimate of drug-likeness (QED) is 0.801. The van der Waals surface area contributed by atoms with E-state index in [0.29, 0.717) is 11.6 Å². The van der Waals surface area contributed by atoms with Crippen molar-refractivity contribution in [2.45, 2.75) is 19.9 Å². The van der Waals surface area contributed by atoms with Gasteiger partial charge < -0.3 is 9.73 Å². The Morgan fingerprint density at radius 1 is 1.17 bits per heavy atom. The Balaban J connectivity index is 2.15. The standard InChI is InChI=1S/C17H20Cl2N2O2/c1-3-21(4-2)14(12-7-5-6-8-13(12)18)11-20-17(22)15-9-10-16(19)23-15/h5-10,14H,3-4,11H2,1-2H3,(H,20,22). The van der Waals surface area contributed by atoms with Crippen LogP contribution in [0.25, 0.3) is 0 Å². The van der Waals surface area contributed by atoms with Gasteiger partial charge in [0, 0.05) is 11.6 Å². The van der Waals surface area contributed by atoms with Gasteiger partial charge in [-0.15, -0.1) is 0 Å². The largest absolute Gasteiger partial charge is 0.440 e. The molecule has 0 bridgehead atoms. The summed E-state index contributed by atoms with van der Waals surface area (Å²) in [4.78, 5) is 14.4. The molecule has 124 valence electrons. The first-order chi connectivity index (χ1) is 11.1. The minimum absolute atomic E-state index is 0.00640. The molecule has 0 saturated carbocycles. The van der Waals surface area contributed by atoms with Crippen molar-refractivity contribution in [1.29, 1.82) is 0 Å². The number of halogens is 2. The normalized spacial score (nSPS) is 12.4. The molecule has 0 saturated heterocycles. The minimum atomic E-state index is -0.291. The molecule has 2 aromatic rings. The van der Waals surface area contributed by atoms with Gasteiger partial charge in [-0.3, -0.25) is 9.69 Å². The van der Waals surface area contributed by atoms with Crippen LogP contribution in [-0.2, 0) is 0 Å². The second-order valence-electron chi connectivity index (χ2n) is 5.07. The highest BCUT2D eigenvalue weighted by molar-refractivity contribution is 6.31. The van der Waals surface area contributed by atoms with E-state index in [4.69, 9.17) is 27.6 Å². The molecule has 0 aliphatic carbocycles. The maximum absolute atomic E-state index is 12.2. The molecule has 1 unspecified atom stereocenters. The molecule has 6 heteroatoms. The summed E-state index contributed by atoms with van der Waals surface area (Å²) in [6.45, 7) is 6.31. The fraction of sp³-hybridized carbons (Fsp3) is 0.353. The Morgan fingerprint density at radius 2 is 1.87 bits per heavy atom. The van der Waals surface area contributed by atoms with Crippen LogP contribution >= 0.6 is 23.2 Å². The molecule has 1 heterocycles. The zero-order valence-electron chi connectivity index (χ0n) is 13.2. The summed E-state index contributed by atoms with van der Waals surface area (Å²) >= 11 is 12.0. The van der Waals surface area contributed by atoms with E-state index in [1.54, 1.807) is 12.1 Å². The van der Waals surface area contributed by atoms with Gasteiger partial charge in [-0.1, -0.05) is 43.6 Å². The number of nitrogens with one attached hydrogen (secondary N) is 1. The topological polar surface area (TPSA) is 45.5 Å². The van der Waals surface area contributed by atoms with Gasteiger partial charge >= 0.3 is 0 Å². The highest BCUT2D eigenvalue weighted by atomic mass is 35.5. The summed E-state index contributed by atoms with van der Waals surface area (Å²) in [6, 6.07) is 10.8. The van der Waals surface area contributed by atoms with Gasteiger partial charge in [0.15, 0.2) is 11.0 Å². The first-order valence-corrected chi connectivity index (χ1v) is 8.34. The summed E-state index contributed by atoms with van der Waals surface area (Å²) in [5.74, 6) is -0.0893. The first-order valence-electron chi connectivity index (χ1n) is 7.58. The monoisotopic (exact) mass is 354 g/mol. The van der Waals surface area contributed by atoms with Crippen molar-refractivity contribution in [2.75, 3.05) is 19.6 Å². The lowest BCUT2D eigenvalue weighted by molar-refractivity contribution is 0.0907. The van der Waals surface area contributed by atoms with Gasteiger partial charge in [-0.05, 0) is 48.5 Å². The Hall–Kier alpha value is -1.49. The second kappa shape index (κ2) is 8.39. The molecule has 1 aromatic carbocycles. The number of carbonyl (C=O) groups is 1. The molecule has 0 aliphatic heterocycles. The van der Waals surface area contributed by atoms with Gasteiger partial charge in [0.25, 0.3) is 5.91 Å². The molecular weight excluding hydrogens is 335 g/mol. The van der Waals surface area contributed by atoms with Crippen LogP contribution in [0.15, 0.2) is 40.8 Å². The summed E-state index contributed by atoms with van der Waals surface area (Å²) in [5, 5.41) is 3.79. The number of nitrogens with zero attached hydrogens (tertiary/aromatic N) is 1. The lowest BCUT2D eigenvalue weighted by Crippen LogP contribution is -2.38. The SMILES string of the molecule is CCN(CC)C(CNC(=O)c1ccc(Cl)o1)c1ccccc1Cl. The summed E-state index contributed by atoms with van der Waals surface area (Å²) in [5.41, 5.74) is 0.996. The van der Waals surface area contributed by atoms with E-state index in [-0.39, 0.29) is 22.9 Å². The van der Waals surface area contributed by atoms with Crippen LogP contribution in [0.5, 0.6) is 0 Å². The number of rotatable bonds is 7. The fourth-order valence-corrected chi connectivity index (χ4v) is 2.97. The fourth-order valence-electron chi connectivity index (χ4n) is 2.56. The van der Waals surface area contributed by atoms with E-state index < -0.39 is 0 Å². The summed E-state index contributed by atoms with van der Waals surface area (Å²) < 4.78 is 5.13. The molecule has 4 nitrogen and oxygen atoms in total. The average molecular weight is 355 g/mol. The summed E-state index contributed by atoms with van der Waals surface area (Å²) in [7, 11) is 0. The molecule has 1 N–H and O–H groups in total. The van der Waals surface area contributed by atoms with E-state index in [2.05, 4.69) is 24.1 Å². The van der Waals surface area contributed by atoms with Crippen LogP contribution in [0.2, 0.25) is 10.2 Å². The average Bonchev–Trinajstić information content (AvgIpc) is 2.98. The summed E-state index contributed by atoms with van der Waals surface area (Å²) in [6.07, 6.45) is 0. The van der Waals surface area contributed by atoms with Crippen molar-refractivity contribution in [1.82, 2.24) is 10.2 Å². The van der Waals surface area contributed by atoms with E-state index in [1.165, 1.54) is 0 Å². The van der Waals surface area contributed by atoms with Crippen molar-refractivity contribution >= 4 is 29.1 Å². The van der Waals surface area contributed by atoms with Crippen molar-refractivity contribution in [3.63, 3.8) is 0 Å². The number of amides is 1. The zero-order chi connectivity index (χ0) is 16.8. The third-order valence-electron chi connectivity index (χ3n) is 3.77. The molecule has 1 atom stereocenters. The van der Waals surface area contributed by atoms with Crippen LogP contribution in [0.3, 0.4) is 0 Å². The number of benzene rings is 1. The van der Waals surface area contributed by atoms with E-state index in [1.807, 2.05) is 24.3 Å². The van der Waals surface area contributed by atoms with E-state index in [9.17, 15) is 4.79 Å². The highest BCUT2D eigenvalue weighted by Gasteiger charge is 2.22. The van der Waals surface area contributed by atoms with Gasteiger partial charge in [0.2, 0.25) is 0 Å². The number of carbonyl (C=O) groups excluding carboxylic acids is 1. The Bertz CT molecular complexity index is 654. The molecule has 23 heavy (non-hydrogen) atoms. The van der Waals surface area contributed by atoms with Crippen LogP contribution < -0.4 is 5.32 Å². The Labute approximate surface area is 146 Å². The maximum Gasteiger partial charge on any atom is 0.287 e. The van der Waals surface area contributed by atoms with Gasteiger partial charge in [-0.2, -0.15) is 0 Å². The number of hydrogen-bond donors (Lipinski definition) is 1. The molecular formula is C17H20Cl2N2O2. The number of furan rings is 1. The van der Waals surface area contributed by atoms with Crippen molar-refractivity contribution in [2.24, 2.45) is 0 Å². The maximum atomic E-state index is 12.2. The lowest BCUT2D eigenvalue weighted by atomic mass is 10.0. The minimum Gasteiger partial charge on any atom is -0.440 e. The third-order valence-corrected chi connectivity index (χ3v) is 4.32. The van der Waals surface area contributed by atoms with Crippen molar-refractivity contribution in [3.8, 4) is 0 Å². The van der Waals surface area contributed by atoms with Crippen molar-refractivity contribution in [3.05, 3.63) is 58.0 Å². The van der Waals surface area contributed by atoms with Crippen LogP contribution in [0, 0.1) is 0 Å². The second-order valence-corrected chi connectivity index (χ2v) is 5.85. The van der Waals surface area contributed by atoms with Crippen LogP contribution in [0.1, 0.15) is 36.0 Å². The molecule has 0 spiro atoms. The number of hydrogen-bond acceptors (Lipinski definition) is 3. The molecule has 0 radical (unpaired) electrons. The van der Waals surface area contributed by atoms with Gasteiger partial charge in [-0.25, -0.2) is 0 Å². The third kappa shape index (κ3) is 4.50. The zero-order valence-corrected chi connectivity index (χ0v) is 14.7. The van der Waals surface area contributed by atoms with Gasteiger partial charge in [0.05, 0.1) is 6.04 Å². The van der Waals surface area contributed by atoms with Gasteiger partial charge in [0.1, 0.15) is 0 Å². The molecule has 2 rings (SSSR count). The Kier molecular flexibility index (Phi) is 6.51. The predicted octanol–water partition coefficient (Wildman–Crippen LogP) is 4.40. The highest BCUT2D eigenvalue weighted by Crippen LogP contribution is 2.27. The number of likely N-dealkylation sites (N-methyl/N-ethyl adjacent to an activating group) is 1. The van der Waals surface area contributed by atoms with E-state index in [0.717, 1.165) is 18.7 Å². The molecule has 0 fully saturated rings. The molecule has 1 amide bonds. The lowest BCUT2D eigenvalue weighted by Gasteiger charge is -2.30. The van der Waals surface area contributed by atoms with Crippen molar-refractivity contribution < 1.29 is 9.21 Å². The predicted molar refractivity (Wildman–Crippen MR) is 93.2 cm³/mol. The van der Waals surface area contributed by atoms with E-state index >= 15 is 0 Å². The molecule has 0 aliphatic rings. The smallest absolute Gasteiger partial charge is 0.287 e. The molecule has 1 aromatic heterocycles.